The third kappa shape index (κ3) is 2.21. The van der Waals surface area contributed by atoms with Gasteiger partial charge in [0.1, 0.15) is 11.5 Å². The molecule has 3 rings (SSSR count). The molecule has 2 heterocycles. The van der Waals surface area contributed by atoms with E-state index in [1.54, 1.807) is 0 Å². The molecule has 1 aromatic heterocycles. The minimum atomic E-state index is 0.213. The van der Waals surface area contributed by atoms with Gasteiger partial charge in [0.15, 0.2) is 0 Å². The smallest absolute Gasteiger partial charge is 0.292 e. The van der Waals surface area contributed by atoms with Gasteiger partial charge in [-0.25, -0.2) is 0 Å². The second kappa shape index (κ2) is 4.63. The van der Waals surface area contributed by atoms with Crippen LogP contribution in [0.1, 0.15) is 43.6 Å². The maximum absolute atomic E-state index is 12.2. The Labute approximate surface area is 106 Å². The maximum atomic E-state index is 12.2. The van der Waals surface area contributed by atoms with E-state index in [2.05, 4.69) is 4.98 Å². The molecule has 1 fully saturated rings. The summed E-state index contributed by atoms with van der Waals surface area (Å²) in [7, 11) is 0. The highest BCUT2D eigenvalue weighted by Crippen LogP contribution is 2.29. The minimum absolute atomic E-state index is 0.213. The Morgan fingerprint density at radius 1 is 1.44 bits per heavy atom. The van der Waals surface area contributed by atoms with Crippen LogP contribution in [-0.2, 0) is 17.8 Å². The number of hydrogen-bond donors (Lipinski definition) is 1. The number of nitrogen functional groups attached to an aromatic ring is 1. The standard InChI is InChI=1S/C13H19N3O2/c14-13-15-10-8-16(6-5-11(10)18-13)12(17)7-9-3-1-2-4-9/h9H,1-8H2,(H2,14,15). The van der Waals surface area contributed by atoms with Crippen LogP contribution in [0.4, 0.5) is 6.01 Å². The number of oxazole rings is 1. The average Bonchev–Trinajstić information content (AvgIpc) is 2.95. The zero-order chi connectivity index (χ0) is 12.5. The van der Waals surface area contributed by atoms with Crippen molar-refractivity contribution in [2.75, 3.05) is 12.3 Å². The highest BCUT2D eigenvalue weighted by atomic mass is 16.4. The highest BCUT2D eigenvalue weighted by molar-refractivity contribution is 5.76. The summed E-state index contributed by atoms with van der Waals surface area (Å²) in [6, 6.07) is 0.213. The van der Waals surface area contributed by atoms with Crippen LogP contribution >= 0.6 is 0 Å². The van der Waals surface area contributed by atoms with Crippen LogP contribution in [0.15, 0.2) is 4.42 Å². The van der Waals surface area contributed by atoms with Crippen molar-refractivity contribution in [3.63, 3.8) is 0 Å². The Morgan fingerprint density at radius 2 is 2.22 bits per heavy atom. The third-order valence-electron chi connectivity index (χ3n) is 4.03. The Hall–Kier alpha value is -1.52. The SMILES string of the molecule is Nc1nc2c(o1)CCN(C(=O)CC1CCCC1)C2. The van der Waals surface area contributed by atoms with Crippen LogP contribution in [0, 0.1) is 5.92 Å². The molecule has 0 bridgehead atoms. The van der Waals surface area contributed by atoms with Crippen molar-refractivity contribution in [3.05, 3.63) is 11.5 Å². The zero-order valence-electron chi connectivity index (χ0n) is 10.5. The Kier molecular flexibility index (Phi) is 2.97. The maximum Gasteiger partial charge on any atom is 0.292 e. The summed E-state index contributed by atoms with van der Waals surface area (Å²) in [5, 5.41) is 0. The summed E-state index contributed by atoms with van der Waals surface area (Å²) in [5.41, 5.74) is 6.36. The number of aromatic nitrogens is 1. The fourth-order valence-electron chi connectivity index (χ4n) is 3.02. The summed E-state index contributed by atoms with van der Waals surface area (Å²) in [4.78, 5) is 18.2. The summed E-state index contributed by atoms with van der Waals surface area (Å²) in [6.07, 6.45) is 6.41. The molecular formula is C13H19N3O2. The molecule has 0 saturated heterocycles. The van der Waals surface area contributed by atoms with Crippen molar-refractivity contribution >= 4 is 11.9 Å². The highest BCUT2D eigenvalue weighted by Gasteiger charge is 2.27. The van der Waals surface area contributed by atoms with Gasteiger partial charge in [-0.15, -0.1) is 0 Å². The van der Waals surface area contributed by atoms with Gasteiger partial charge in [-0.2, -0.15) is 4.98 Å². The summed E-state index contributed by atoms with van der Waals surface area (Å²) >= 11 is 0. The summed E-state index contributed by atoms with van der Waals surface area (Å²) in [6.45, 7) is 1.29. The second-order valence-electron chi connectivity index (χ2n) is 5.34. The summed E-state index contributed by atoms with van der Waals surface area (Å²) in [5.74, 6) is 1.70. The zero-order valence-corrected chi connectivity index (χ0v) is 10.5. The number of fused-ring (bicyclic) bond motifs is 1. The van der Waals surface area contributed by atoms with E-state index in [1.807, 2.05) is 4.90 Å². The predicted octanol–water partition coefficient (Wildman–Crippen LogP) is 1.72. The molecule has 0 spiro atoms. The fraction of sp³-hybridized carbons (Fsp3) is 0.692. The lowest BCUT2D eigenvalue weighted by Gasteiger charge is -2.26. The molecule has 1 saturated carbocycles. The van der Waals surface area contributed by atoms with E-state index >= 15 is 0 Å². The van der Waals surface area contributed by atoms with Gasteiger partial charge in [0, 0.05) is 19.4 Å². The van der Waals surface area contributed by atoms with Crippen molar-refractivity contribution in [2.24, 2.45) is 5.92 Å². The molecule has 5 nitrogen and oxygen atoms in total. The second-order valence-corrected chi connectivity index (χ2v) is 5.34. The van der Waals surface area contributed by atoms with Crippen LogP contribution < -0.4 is 5.73 Å². The number of anilines is 1. The Morgan fingerprint density at radius 3 is 3.00 bits per heavy atom. The number of hydrogen-bond acceptors (Lipinski definition) is 4. The van der Waals surface area contributed by atoms with Crippen molar-refractivity contribution in [3.8, 4) is 0 Å². The molecule has 5 heteroatoms. The monoisotopic (exact) mass is 249 g/mol. The molecule has 1 aromatic rings. The van der Waals surface area contributed by atoms with E-state index in [-0.39, 0.29) is 11.9 Å². The van der Waals surface area contributed by atoms with E-state index in [0.717, 1.165) is 24.4 Å². The number of carbonyl (C=O) groups excluding carboxylic acids is 1. The lowest BCUT2D eigenvalue weighted by molar-refractivity contribution is -0.133. The van der Waals surface area contributed by atoms with E-state index in [1.165, 1.54) is 25.7 Å². The van der Waals surface area contributed by atoms with Crippen LogP contribution in [0.3, 0.4) is 0 Å². The molecule has 98 valence electrons. The van der Waals surface area contributed by atoms with Crippen molar-refractivity contribution in [1.82, 2.24) is 9.88 Å². The largest absolute Gasteiger partial charge is 0.428 e. The van der Waals surface area contributed by atoms with Crippen molar-refractivity contribution in [2.45, 2.75) is 45.1 Å². The predicted molar refractivity (Wildman–Crippen MR) is 66.6 cm³/mol. The van der Waals surface area contributed by atoms with Gasteiger partial charge in [-0.3, -0.25) is 4.79 Å². The molecule has 0 aromatic carbocycles. The molecule has 1 amide bonds. The number of nitrogens with two attached hydrogens (primary N) is 1. The van der Waals surface area contributed by atoms with Crippen LogP contribution in [0.5, 0.6) is 0 Å². The summed E-state index contributed by atoms with van der Waals surface area (Å²) < 4.78 is 5.30. The molecule has 0 radical (unpaired) electrons. The number of rotatable bonds is 2. The van der Waals surface area contributed by atoms with Gasteiger partial charge in [-0.05, 0) is 18.8 Å². The molecule has 0 unspecified atom stereocenters. The number of nitrogens with zero attached hydrogens (tertiary/aromatic N) is 2. The minimum Gasteiger partial charge on any atom is -0.428 e. The molecule has 0 atom stereocenters. The Bertz CT molecular complexity index is 449. The normalized spacial score (nSPS) is 20.1. The van der Waals surface area contributed by atoms with Crippen LogP contribution in [0.2, 0.25) is 0 Å². The molecule has 1 aliphatic carbocycles. The van der Waals surface area contributed by atoms with Gasteiger partial charge < -0.3 is 15.1 Å². The quantitative estimate of drug-likeness (QED) is 0.866. The van der Waals surface area contributed by atoms with Crippen LogP contribution in [0.25, 0.3) is 0 Å². The topological polar surface area (TPSA) is 72.4 Å². The van der Waals surface area contributed by atoms with Crippen molar-refractivity contribution < 1.29 is 9.21 Å². The van der Waals surface area contributed by atoms with Gasteiger partial charge >= 0.3 is 0 Å². The van der Waals surface area contributed by atoms with E-state index < -0.39 is 0 Å². The first-order valence-corrected chi connectivity index (χ1v) is 6.74. The van der Waals surface area contributed by atoms with E-state index in [0.29, 0.717) is 18.9 Å². The average molecular weight is 249 g/mol. The number of carbonyl (C=O) groups is 1. The number of amides is 1. The molecule has 1 aliphatic heterocycles. The van der Waals surface area contributed by atoms with Gasteiger partial charge in [0.05, 0.1) is 6.54 Å². The molecule has 2 N–H and O–H groups in total. The first-order valence-electron chi connectivity index (χ1n) is 6.74. The van der Waals surface area contributed by atoms with Crippen LogP contribution in [-0.4, -0.2) is 22.3 Å². The molecule has 2 aliphatic rings. The van der Waals surface area contributed by atoms with Crippen molar-refractivity contribution in [1.29, 1.82) is 0 Å². The lowest BCUT2D eigenvalue weighted by Crippen LogP contribution is -2.36. The first-order chi connectivity index (χ1) is 8.72. The molecule has 18 heavy (non-hydrogen) atoms. The van der Waals surface area contributed by atoms with Gasteiger partial charge in [0.25, 0.3) is 6.01 Å². The lowest BCUT2D eigenvalue weighted by atomic mass is 10.0. The van der Waals surface area contributed by atoms with Gasteiger partial charge in [0.2, 0.25) is 5.91 Å². The van der Waals surface area contributed by atoms with Gasteiger partial charge in [-0.1, -0.05) is 12.8 Å². The first kappa shape index (κ1) is 11.6. The fourth-order valence-corrected chi connectivity index (χ4v) is 3.02. The third-order valence-corrected chi connectivity index (χ3v) is 4.03. The van der Waals surface area contributed by atoms with E-state index in [9.17, 15) is 4.79 Å². The molecular weight excluding hydrogens is 230 g/mol. The van der Waals surface area contributed by atoms with E-state index in [4.69, 9.17) is 10.2 Å². The Balaban J connectivity index is 1.62.